The van der Waals surface area contributed by atoms with Gasteiger partial charge >= 0.3 is 5.97 Å². The second kappa shape index (κ2) is 9.34. The number of aromatic carboxylic acids is 1. The molecule has 20 heavy (non-hydrogen) atoms. The first kappa shape index (κ1) is 16.5. The fourth-order valence-electron chi connectivity index (χ4n) is 1.81. The quantitative estimate of drug-likeness (QED) is 0.666. The molecule has 0 amide bonds. The molecule has 0 bridgehead atoms. The van der Waals surface area contributed by atoms with Crippen LogP contribution >= 0.6 is 0 Å². The Balaban J connectivity index is 2.16. The highest BCUT2D eigenvalue weighted by atomic mass is 16.5. The van der Waals surface area contributed by atoms with Crippen LogP contribution in [0.1, 0.15) is 23.2 Å². The van der Waals surface area contributed by atoms with Crippen molar-refractivity contribution in [1.82, 2.24) is 4.90 Å². The van der Waals surface area contributed by atoms with Crippen molar-refractivity contribution < 1.29 is 19.4 Å². The van der Waals surface area contributed by atoms with E-state index in [0.29, 0.717) is 12.4 Å². The Morgan fingerprint density at radius 1 is 1.15 bits per heavy atom. The molecule has 0 saturated heterocycles. The lowest BCUT2D eigenvalue weighted by Gasteiger charge is -2.16. The molecule has 0 aliphatic rings. The zero-order chi connectivity index (χ0) is 14.8. The zero-order valence-corrected chi connectivity index (χ0v) is 12.2. The van der Waals surface area contributed by atoms with E-state index in [4.69, 9.17) is 14.6 Å². The molecule has 1 aromatic carbocycles. The minimum Gasteiger partial charge on any atom is -0.494 e. The van der Waals surface area contributed by atoms with Crippen LogP contribution in [0.25, 0.3) is 0 Å². The van der Waals surface area contributed by atoms with E-state index in [0.717, 1.165) is 32.5 Å². The van der Waals surface area contributed by atoms with Crippen molar-refractivity contribution in [1.29, 1.82) is 0 Å². The molecule has 1 aromatic rings. The van der Waals surface area contributed by atoms with Crippen molar-refractivity contribution in [3.63, 3.8) is 0 Å². The van der Waals surface area contributed by atoms with Gasteiger partial charge in [-0.3, -0.25) is 0 Å². The van der Waals surface area contributed by atoms with Crippen LogP contribution in [-0.4, -0.2) is 56.4 Å². The van der Waals surface area contributed by atoms with Gasteiger partial charge in [0.05, 0.1) is 12.2 Å². The molecule has 0 heterocycles. The molecule has 0 atom stereocenters. The monoisotopic (exact) mass is 281 g/mol. The summed E-state index contributed by atoms with van der Waals surface area (Å²) in [6.45, 7) is 3.40. The van der Waals surface area contributed by atoms with Crippen LogP contribution in [0, 0.1) is 0 Å². The first-order valence-electron chi connectivity index (χ1n) is 6.77. The predicted molar refractivity (Wildman–Crippen MR) is 77.5 cm³/mol. The summed E-state index contributed by atoms with van der Waals surface area (Å²) in [6.07, 6.45) is 1.97. The van der Waals surface area contributed by atoms with Gasteiger partial charge in [-0.05, 0) is 44.2 Å². The Labute approximate surface area is 120 Å². The fraction of sp³-hybridized carbons (Fsp3) is 0.533. The summed E-state index contributed by atoms with van der Waals surface area (Å²) in [5.74, 6) is -0.216. The molecule has 0 fully saturated rings. The Kier molecular flexibility index (Phi) is 7.69. The van der Waals surface area contributed by atoms with Gasteiger partial charge in [0, 0.05) is 26.8 Å². The molecule has 0 unspecified atom stereocenters. The number of carboxylic acids is 1. The average molecular weight is 281 g/mol. The van der Waals surface area contributed by atoms with E-state index >= 15 is 0 Å². The van der Waals surface area contributed by atoms with Gasteiger partial charge in [-0.2, -0.15) is 0 Å². The molecule has 0 aliphatic heterocycles. The largest absolute Gasteiger partial charge is 0.494 e. The van der Waals surface area contributed by atoms with Crippen LogP contribution in [0.2, 0.25) is 0 Å². The molecule has 112 valence electrons. The fourth-order valence-corrected chi connectivity index (χ4v) is 1.81. The predicted octanol–water partition coefficient (Wildman–Crippen LogP) is 2.12. The van der Waals surface area contributed by atoms with E-state index in [1.165, 1.54) is 0 Å². The van der Waals surface area contributed by atoms with Crippen LogP contribution in [-0.2, 0) is 4.74 Å². The van der Waals surface area contributed by atoms with Crippen molar-refractivity contribution in [3.05, 3.63) is 29.8 Å². The Hall–Kier alpha value is -1.59. The standard InChI is InChI=1S/C15H23NO4/c1-16(9-3-11-19-2)10-4-12-20-14-7-5-13(6-8-14)15(17)18/h5-8H,3-4,9-12H2,1-2H3,(H,17,18). The molecular weight excluding hydrogens is 258 g/mol. The van der Waals surface area contributed by atoms with E-state index < -0.39 is 5.97 Å². The highest BCUT2D eigenvalue weighted by Gasteiger charge is 2.02. The van der Waals surface area contributed by atoms with Crippen molar-refractivity contribution in [2.24, 2.45) is 0 Å². The van der Waals surface area contributed by atoms with E-state index in [9.17, 15) is 4.79 Å². The number of hydrogen-bond donors (Lipinski definition) is 1. The summed E-state index contributed by atoms with van der Waals surface area (Å²) in [5.41, 5.74) is 0.273. The number of methoxy groups -OCH3 is 1. The van der Waals surface area contributed by atoms with Gasteiger partial charge in [-0.1, -0.05) is 0 Å². The summed E-state index contributed by atoms with van der Waals surface area (Å²) >= 11 is 0. The Morgan fingerprint density at radius 2 is 1.75 bits per heavy atom. The first-order valence-corrected chi connectivity index (χ1v) is 6.77. The van der Waals surface area contributed by atoms with E-state index in [1.54, 1.807) is 31.4 Å². The summed E-state index contributed by atoms with van der Waals surface area (Å²) < 4.78 is 10.6. The highest BCUT2D eigenvalue weighted by molar-refractivity contribution is 5.87. The van der Waals surface area contributed by atoms with Crippen LogP contribution in [0.5, 0.6) is 5.75 Å². The van der Waals surface area contributed by atoms with Gasteiger partial charge in [-0.25, -0.2) is 4.79 Å². The van der Waals surface area contributed by atoms with Crippen LogP contribution in [0.3, 0.4) is 0 Å². The van der Waals surface area contributed by atoms with Crippen molar-refractivity contribution in [3.8, 4) is 5.75 Å². The summed E-state index contributed by atoms with van der Waals surface area (Å²) in [5, 5.41) is 8.78. The van der Waals surface area contributed by atoms with Gasteiger partial charge in [0.15, 0.2) is 0 Å². The second-order valence-corrected chi connectivity index (χ2v) is 4.68. The van der Waals surface area contributed by atoms with Gasteiger partial charge in [-0.15, -0.1) is 0 Å². The second-order valence-electron chi connectivity index (χ2n) is 4.68. The minimum atomic E-state index is -0.922. The SMILES string of the molecule is COCCCN(C)CCCOc1ccc(C(=O)O)cc1. The highest BCUT2D eigenvalue weighted by Crippen LogP contribution is 2.12. The third-order valence-electron chi connectivity index (χ3n) is 2.94. The lowest BCUT2D eigenvalue weighted by atomic mass is 10.2. The molecule has 0 radical (unpaired) electrons. The number of ether oxygens (including phenoxy) is 2. The maximum atomic E-state index is 10.7. The number of carbonyl (C=O) groups is 1. The molecule has 0 aliphatic carbocycles. The first-order chi connectivity index (χ1) is 9.63. The van der Waals surface area contributed by atoms with Crippen molar-refractivity contribution in [2.45, 2.75) is 12.8 Å². The van der Waals surface area contributed by atoms with Gasteiger partial charge in [0.2, 0.25) is 0 Å². The normalized spacial score (nSPS) is 10.8. The molecule has 1 rings (SSSR count). The molecule has 0 aromatic heterocycles. The average Bonchev–Trinajstić information content (AvgIpc) is 2.44. The zero-order valence-electron chi connectivity index (χ0n) is 12.2. The smallest absolute Gasteiger partial charge is 0.335 e. The van der Waals surface area contributed by atoms with Crippen LogP contribution in [0.15, 0.2) is 24.3 Å². The molecular formula is C15H23NO4. The lowest BCUT2D eigenvalue weighted by molar-refractivity contribution is 0.0697. The van der Waals surface area contributed by atoms with Gasteiger partial charge < -0.3 is 19.5 Å². The van der Waals surface area contributed by atoms with Crippen LogP contribution < -0.4 is 4.74 Å². The number of nitrogens with zero attached hydrogens (tertiary/aromatic N) is 1. The maximum absolute atomic E-state index is 10.7. The summed E-state index contributed by atoms with van der Waals surface area (Å²) in [7, 11) is 3.79. The number of rotatable bonds is 10. The van der Waals surface area contributed by atoms with E-state index in [-0.39, 0.29) is 5.56 Å². The maximum Gasteiger partial charge on any atom is 0.335 e. The van der Waals surface area contributed by atoms with Crippen LogP contribution in [0.4, 0.5) is 0 Å². The van der Waals surface area contributed by atoms with Gasteiger partial charge in [0.25, 0.3) is 0 Å². The molecule has 1 N–H and O–H groups in total. The number of hydrogen-bond acceptors (Lipinski definition) is 4. The van der Waals surface area contributed by atoms with Crippen molar-refractivity contribution in [2.75, 3.05) is 40.5 Å². The molecule has 0 spiro atoms. The third kappa shape index (κ3) is 6.54. The van der Waals surface area contributed by atoms with Gasteiger partial charge in [0.1, 0.15) is 5.75 Å². The van der Waals surface area contributed by atoms with Crippen molar-refractivity contribution >= 4 is 5.97 Å². The topological polar surface area (TPSA) is 59.0 Å². The molecule has 0 saturated carbocycles. The Morgan fingerprint density at radius 3 is 2.30 bits per heavy atom. The Bertz CT molecular complexity index is 391. The number of carboxylic acid groups (broad SMARTS) is 1. The van der Waals surface area contributed by atoms with E-state index in [2.05, 4.69) is 11.9 Å². The number of benzene rings is 1. The molecule has 5 heteroatoms. The summed E-state index contributed by atoms with van der Waals surface area (Å²) in [4.78, 5) is 12.9. The lowest BCUT2D eigenvalue weighted by Crippen LogP contribution is -2.23. The third-order valence-corrected chi connectivity index (χ3v) is 2.94. The minimum absolute atomic E-state index is 0.273. The van der Waals surface area contributed by atoms with E-state index in [1.807, 2.05) is 0 Å². The summed E-state index contributed by atoms with van der Waals surface area (Å²) in [6, 6.07) is 6.47. The molecule has 5 nitrogen and oxygen atoms in total.